The quantitative estimate of drug-likeness (QED) is 0.868. The highest BCUT2D eigenvalue weighted by atomic mass is 32.2. The molecule has 18 heavy (non-hydrogen) atoms. The summed E-state index contributed by atoms with van der Waals surface area (Å²) < 4.78 is 26.9. The molecule has 1 fully saturated rings. The second-order valence-electron chi connectivity index (χ2n) is 4.27. The average molecular weight is 307 g/mol. The minimum absolute atomic E-state index is 0.222. The van der Waals surface area contributed by atoms with Crippen LogP contribution in [0.3, 0.4) is 0 Å². The van der Waals surface area contributed by atoms with Gasteiger partial charge >= 0.3 is 0 Å². The standard InChI is InChI=1S/C11H17NO3S3/c13-8-10-11(3-6-17-10)18(14,15)12-7-9-1-4-16-5-2-9/h3,6,9,12-13H,1-2,4-5,7-8H2. The highest BCUT2D eigenvalue weighted by Crippen LogP contribution is 2.24. The molecular formula is C11H17NO3S3. The highest BCUT2D eigenvalue weighted by Gasteiger charge is 2.21. The fourth-order valence-corrected chi connectivity index (χ4v) is 5.55. The summed E-state index contributed by atoms with van der Waals surface area (Å²) in [5.74, 6) is 2.68. The van der Waals surface area contributed by atoms with Crippen molar-refractivity contribution in [2.24, 2.45) is 5.92 Å². The minimum Gasteiger partial charge on any atom is -0.391 e. The maximum absolute atomic E-state index is 12.1. The van der Waals surface area contributed by atoms with Crippen molar-refractivity contribution in [3.63, 3.8) is 0 Å². The molecule has 0 unspecified atom stereocenters. The first kappa shape index (κ1) is 14.3. The first-order valence-electron chi connectivity index (χ1n) is 5.88. The molecule has 1 aliphatic rings. The van der Waals surface area contributed by atoms with Gasteiger partial charge in [-0.15, -0.1) is 11.3 Å². The number of thiophene rings is 1. The zero-order chi connectivity index (χ0) is 13.0. The monoisotopic (exact) mass is 307 g/mol. The lowest BCUT2D eigenvalue weighted by molar-refractivity contribution is 0.282. The van der Waals surface area contributed by atoms with Crippen LogP contribution in [0.5, 0.6) is 0 Å². The Kier molecular flexibility index (Phi) is 5.08. The van der Waals surface area contributed by atoms with Crippen LogP contribution in [0.25, 0.3) is 0 Å². The maximum atomic E-state index is 12.1. The molecule has 2 N–H and O–H groups in total. The lowest BCUT2D eigenvalue weighted by Crippen LogP contribution is -2.31. The van der Waals surface area contributed by atoms with E-state index in [2.05, 4.69) is 4.72 Å². The van der Waals surface area contributed by atoms with Crippen molar-refractivity contribution in [2.45, 2.75) is 24.3 Å². The zero-order valence-electron chi connectivity index (χ0n) is 9.96. The molecule has 0 aliphatic carbocycles. The molecule has 2 rings (SSSR count). The van der Waals surface area contributed by atoms with Crippen LogP contribution in [-0.4, -0.2) is 31.6 Å². The second kappa shape index (κ2) is 6.38. The summed E-state index contributed by atoms with van der Waals surface area (Å²) in [6.45, 7) is 0.275. The molecule has 1 saturated heterocycles. The number of hydrogen-bond donors (Lipinski definition) is 2. The summed E-state index contributed by atoms with van der Waals surface area (Å²) in [6, 6.07) is 1.55. The van der Waals surface area contributed by atoms with Crippen LogP contribution in [0.2, 0.25) is 0 Å². The van der Waals surface area contributed by atoms with Crippen LogP contribution in [0, 0.1) is 5.92 Å². The molecule has 0 bridgehead atoms. The van der Waals surface area contributed by atoms with Crippen LogP contribution in [0.4, 0.5) is 0 Å². The second-order valence-corrected chi connectivity index (χ2v) is 8.23. The van der Waals surface area contributed by atoms with E-state index < -0.39 is 10.0 Å². The van der Waals surface area contributed by atoms with E-state index in [1.165, 1.54) is 11.3 Å². The molecule has 0 spiro atoms. The average Bonchev–Trinajstić information content (AvgIpc) is 2.87. The van der Waals surface area contributed by atoms with E-state index >= 15 is 0 Å². The first-order valence-corrected chi connectivity index (χ1v) is 9.40. The molecule has 1 aliphatic heterocycles. The molecule has 0 atom stereocenters. The molecule has 7 heteroatoms. The van der Waals surface area contributed by atoms with Gasteiger partial charge in [-0.25, -0.2) is 13.1 Å². The van der Waals surface area contributed by atoms with Gasteiger partial charge in [0.1, 0.15) is 0 Å². The van der Waals surface area contributed by atoms with Gasteiger partial charge in [0.15, 0.2) is 0 Å². The third kappa shape index (κ3) is 3.48. The summed E-state index contributed by atoms with van der Waals surface area (Å²) in [5.41, 5.74) is 0. The molecule has 1 aromatic heterocycles. The van der Waals surface area contributed by atoms with E-state index in [4.69, 9.17) is 5.11 Å². The molecule has 0 saturated carbocycles. The van der Waals surface area contributed by atoms with Gasteiger partial charge in [-0.2, -0.15) is 11.8 Å². The van der Waals surface area contributed by atoms with E-state index in [1.807, 2.05) is 11.8 Å². The van der Waals surface area contributed by atoms with E-state index in [1.54, 1.807) is 11.4 Å². The zero-order valence-corrected chi connectivity index (χ0v) is 12.4. The van der Waals surface area contributed by atoms with Gasteiger partial charge in [0.05, 0.1) is 11.5 Å². The molecule has 0 amide bonds. The minimum atomic E-state index is -3.47. The summed E-state index contributed by atoms with van der Waals surface area (Å²) in [6.07, 6.45) is 2.15. The Balaban J connectivity index is 1.99. The Hall–Kier alpha value is -0.0800. The Morgan fingerprint density at radius 3 is 2.78 bits per heavy atom. The van der Waals surface area contributed by atoms with Gasteiger partial charge in [-0.05, 0) is 41.7 Å². The molecule has 4 nitrogen and oxygen atoms in total. The predicted octanol–water partition coefficient (Wildman–Crippen LogP) is 1.66. The number of rotatable bonds is 5. The Labute approximate surface area is 116 Å². The van der Waals surface area contributed by atoms with Gasteiger partial charge < -0.3 is 5.11 Å². The van der Waals surface area contributed by atoms with Gasteiger partial charge in [0.2, 0.25) is 10.0 Å². The normalized spacial score (nSPS) is 18.1. The van der Waals surface area contributed by atoms with Crippen molar-refractivity contribution in [1.82, 2.24) is 4.72 Å². The van der Waals surface area contributed by atoms with Crippen molar-refractivity contribution in [3.8, 4) is 0 Å². The van der Waals surface area contributed by atoms with Crippen LogP contribution in [0.1, 0.15) is 17.7 Å². The largest absolute Gasteiger partial charge is 0.391 e. The molecule has 0 radical (unpaired) electrons. The van der Waals surface area contributed by atoms with E-state index in [-0.39, 0.29) is 11.5 Å². The molecule has 0 aromatic carbocycles. The van der Waals surface area contributed by atoms with Gasteiger partial charge in [0, 0.05) is 11.4 Å². The Bertz CT molecular complexity index is 477. The third-order valence-corrected chi connectivity index (χ3v) is 6.63. The molecule has 2 heterocycles. The number of nitrogens with one attached hydrogen (secondary N) is 1. The van der Waals surface area contributed by atoms with Crippen molar-refractivity contribution >= 4 is 33.1 Å². The smallest absolute Gasteiger partial charge is 0.241 e. The molecule has 1 aromatic rings. The van der Waals surface area contributed by atoms with Gasteiger partial charge in [-0.3, -0.25) is 0 Å². The maximum Gasteiger partial charge on any atom is 0.241 e. The first-order chi connectivity index (χ1) is 8.63. The number of hydrogen-bond acceptors (Lipinski definition) is 5. The Morgan fingerprint density at radius 1 is 1.39 bits per heavy atom. The number of sulfonamides is 1. The Morgan fingerprint density at radius 2 is 2.11 bits per heavy atom. The van der Waals surface area contributed by atoms with Crippen LogP contribution in [0.15, 0.2) is 16.3 Å². The van der Waals surface area contributed by atoms with Crippen LogP contribution < -0.4 is 4.72 Å². The van der Waals surface area contributed by atoms with Crippen molar-refractivity contribution < 1.29 is 13.5 Å². The molecular weight excluding hydrogens is 290 g/mol. The summed E-state index contributed by atoms with van der Waals surface area (Å²) in [4.78, 5) is 0.724. The number of thioether (sulfide) groups is 1. The summed E-state index contributed by atoms with van der Waals surface area (Å²) in [5, 5.41) is 10.8. The lowest BCUT2D eigenvalue weighted by atomic mass is 10.0. The molecule has 102 valence electrons. The fourth-order valence-electron chi connectivity index (χ4n) is 1.94. The van der Waals surface area contributed by atoms with Gasteiger partial charge in [-0.1, -0.05) is 0 Å². The summed E-state index contributed by atoms with van der Waals surface area (Å²) in [7, 11) is -3.47. The van der Waals surface area contributed by atoms with E-state index in [9.17, 15) is 8.42 Å². The lowest BCUT2D eigenvalue weighted by Gasteiger charge is -2.21. The van der Waals surface area contributed by atoms with Crippen molar-refractivity contribution in [3.05, 3.63) is 16.3 Å². The van der Waals surface area contributed by atoms with E-state index in [0.717, 1.165) is 24.3 Å². The van der Waals surface area contributed by atoms with Crippen LogP contribution in [-0.2, 0) is 16.6 Å². The van der Waals surface area contributed by atoms with Gasteiger partial charge in [0.25, 0.3) is 0 Å². The highest BCUT2D eigenvalue weighted by molar-refractivity contribution is 7.99. The number of aliphatic hydroxyl groups excluding tert-OH is 1. The van der Waals surface area contributed by atoms with Crippen molar-refractivity contribution in [2.75, 3.05) is 18.1 Å². The SMILES string of the molecule is O=S(=O)(NCC1CCSCC1)c1ccsc1CO. The van der Waals surface area contributed by atoms with E-state index in [0.29, 0.717) is 17.3 Å². The third-order valence-electron chi connectivity index (χ3n) is 3.04. The number of aliphatic hydroxyl groups is 1. The predicted molar refractivity (Wildman–Crippen MR) is 75.5 cm³/mol. The topological polar surface area (TPSA) is 66.4 Å². The fraction of sp³-hybridized carbons (Fsp3) is 0.636. The van der Waals surface area contributed by atoms with Crippen LogP contribution >= 0.6 is 23.1 Å². The van der Waals surface area contributed by atoms with Crippen molar-refractivity contribution in [1.29, 1.82) is 0 Å². The summed E-state index contributed by atoms with van der Waals surface area (Å²) >= 11 is 3.19.